The van der Waals surface area contributed by atoms with Crippen LogP contribution in [0.3, 0.4) is 0 Å². The van der Waals surface area contributed by atoms with E-state index < -0.39 is 6.04 Å². The third-order valence-electron chi connectivity index (χ3n) is 5.14. The highest BCUT2D eigenvalue weighted by Gasteiger charge is 2.31. The van der Waals surface area contributed by atoms with Crippen LogP contribution >= 0.6 is 15.9 Å². The van der Waals surface area contributed by atoms with Crippen molar-refractivity contribution in [3.63, 3.8) is 0 Å². The molecule has 0 heterocycles. The lowest BCUT2D eigenvalue weighted by atomic mass is 10.0. The van der Waals surface area contributed by atoms with Crippen molar-refractivity contribution in [2.24, 2.45) is 0 Å². The van der Waals surface area contributed by atoms with E-state index >= 15 is 0 Å². The van der Waals surface area contributed by atoms with Gasteiger partial charge in [0.25, 0.3) is 5.91 Å². The van der Waals surface area contributed by atoms with Gasteiger partial charge in [0.15, 0.2) is 6.61 Å². The van der Waals surface area contributed by atoms with Gasteiger partial charge in [-0.25, -0.2) is 4.39 Å². The number of ether oxygens (including phenoxy) is 1. The summed E-state index contributed by atoms with van der Waals surface area (Å²) in [7, 11) is 0. The quantitative estimate of drug-likeness (QED) is 0.398. The third kappa shape index (κ3) is 7.70. The summed E-state index contributed by atoms with van der Waals surface area (Å²) >= 11 is 3.38. The molecule has 0 aromatic heterocycles. The van der Waals surface area contributed by atoms with Crippen molar-refractivity contribution < 1.29 is 18.7 Å². The summed E-state index contributed by atoms with van der Waals surface area (Å²) in [5.41, 5.74) is 1.64. The molecule has 0 bridgehead atoms. The van der Waals surface area contributed by atoms with Crippen LogP contribution in [0.25, 0.3) is 0 Å². The molecule has 178 valence electrons. The molecule has 7 heteroatoms. The summed E-state index contributed by atoms with van der Waals surface area (Å²) in [4.78, 5) is 28.2. The molecule has 3 aromatic rings. The maximum Gasteiger partial charge on any atom is 0.261 e. The van der Waals surface area contributed by atoms with Gasteiger partial charge in [-0.2, -0.15) is 0 Å². The number of halogens is 2. The SMILES string of the molecule is CC(C)NC(=O)C(Cc1ccccc1)N(Cc1ccc(F)cc1)C(=O)COc1ccc(Br)cc1. The molecule has 0 fully saturated rings. The smallest absolute Gasteiger partial charge is 0.261 e. The van der Waals surface area contributed by atoms with Crippen LogP contribution < -0.4 is 10.1 Å². The lowest BCUT2D eigenvalue weighted by Gasteiger charge is -2.32. The highest BCUT2D eigenvalue weighted by molar-refractivity contribution is 9.10. The Morgan fingerprint density at radius 2 is 1.59 bits per heavy atom. The van der Waals surface area contributed by atoms with Crippen LogP contribution in [0.2, 0.25) is 0 Å². The van der Waals surface area contributed by atoms with Crippen LogP contribution in [-0.2, 0) is 22.6 Å². The zero-order valence-corrected chi connectivity index (χ0v) is 20.8. The fourth-order valence-electron chi connectivity index (χ4n) is 3.48. The number of benzene rings is 3. The number of carbonyl (C=O) groups excluding carboxylic acids is 2. The monoisotopic (exact) mass is 526 g/mol. The Bertz CT molecular complexity index is 1070. The zero-order chi connectivity index (χ0) is 24.5. The van der Waals surface area contributed by atoms with Crippen LogP contribution in [0.15, 0.2) is 83.3 Å². The minimum absolute atomic E-state index is 0.0902. The Labute approximate surface area is 208 Å². The Balaban J connectivity index is 1.89. The maximum atomic E-state index is 13.5. The van der Waals surface area contributed by atoms with Crippen LogP contribution in [-0.4, -0.2) is 35.4 Å². The molecule has 0 aliphatic heterocycles. The largest absolute Gasteiger partial charge is 0.484 e. The van der Waals surface area contributed by atoms with E-state index in [1.54, 1.807) is 24.3 Å². The number of carbonyl (C=O) groups is 2. The van der Waals surface area contributed by atoms with Crippen molar-refractivity contribution in [2.45, 2.75) is 38.9 Å². The summed E-state index contributed by atoms with van der Waals surface area (Å²) in [6.07, 6.45) is 0.338. The lowest BCUT2D eigenvalue weighted by molar-refractivity contribution is -0.143. The molecule has 1 N–H and O–H groups in total. The first kappa shape index (κ1) is 25.4. The number of nitrogens with zero attached hydrogens (tertiary/aromatic N) is 1. The minimum Gasteiger partial charge on any atom is -0.484 e. The highest BCUT2D eigenvalue weighted by Crippen LogP contribution is 2.18. The molecular formula is C27H28BrFN2O3. The van der Waals surface area contributed by atoms with Gasteiger partial charge < -0.3 is 15.0 Å². The van der Waals surface area contributed by atoms with Gasteiger partial charge in [0.05, 0.1) is 0 Å². The summed E-state index contributed by atoms with van der Waals surface area (Å²) in [5, 5.41) is 2.93. The Hall–Kier alpha value is -3.19. The molecule has 0 aliphatic rings. The average Bonchev–Trinajstić information content (AvgIpc) is 2.82. The number of hydrogen-bond donors (Lipinski definition) is 1. The second-order valence-electron chi connectivity index (χ2n) is 8.26. The molecule has 1 unspecified atom stereocenters. The van der Waals surface area contributed by atoms with E-state index in [1.807, 2.05) is 56.3 Å². The second kappa shape index (κ2) is 12.3. The first-order chi connectivity index (χ1) is 16.3. The van der Waals surface area contributed by atoms with E-state index in [1.165, 1.54) is 17.0 Å². The summed E-state index contributed by atoms with van der Waals surface area (Å²) in [6.45, 7) is 3.66. The number of rotatable bonds is 10. The van der Waals surface area contributed by atoms with Crippen molar-refractivity contribution in [1.82, 2.24) is 10.2 Å². The van der Waals surface area contributed by atoms with Gasteiger partial charge in [-0.15, -0.1) is 0 Å². The molecule has 0 radical (unpaired) electrons. The van der Waals surface area contributed by atoms with E-state index in [9.17, 15) is 14.0 Å². The molecule has 34 heavy (non-hydrogen) atoms. The maximum absolute atomic E-state index is 13.5. The Morgan fingerprint density at radius 3 is 2.21 bits per heavy atom. The lowest BCUT2D eigenvalue weighted by Crippen LogP contribution is -2.52. The molecule has 0 spiro atoms. The van der Waals surface area contributed by atoms with E-state index in [2.05, 4.69) is 21.2 Å². The van der Waals surface area contributed by atoms with Crippen LogP contribution in [0.1, 0.15) is 25.0 Å². The fourth-order valence-corrected chi connectivity index (χ4v) is 3.74. The zero-order valence-electron chi connectivity index (χ0n) is 19.2. The molecule has 3 aromatic carbocycles. The van der Waals surface area contributed by atoms with Gasteiger partial charge in [0.1, 0.15) is 17.6 Å². The van der Waals surface area contributed by atoms with Crippen molar-refractivity contribution in [1.29, 1.82) is 0 Å². The first-order valence-corrected chi connectivity index (χ1v) is 11.9. The minimum atomic E-state index is -0.768. The number of nitrogens with one attached hydrogen (secondary N) is 1. The van der Waals surface area contributed by atoms with E-state index in [0.717, 1.165) is 10.0 Å². The number of hydrogen-bond acceptors (Lipinski definition) is 3. The van der Waals surface area contributed by atoms with Gasteiger partial charge in [0, 0.05) is 23.5 Å². The summed E-state index contributed by atoms with van der Waals surface area (Å²) in [5.74, 6) is -0.409. The Morgan fingerprint density at radius 1 is 0.941 bits per heavy atom. The van der Waals surface area contributed by atoms with E-state index in [4.69, 9.17) is 4.74 Å². The van der Waals surface area contributed by atoms with Crippen molar-refractivity contribution >= 4 is 27.7 Å². The molecule has 0 saturated carbocycles. The van der Waals surface area contributed by atoms with Gasteiger partial charge in [-0.3, -0.25) is 9.59 Å². The number of amides is 2. The van der Waals surface area contributed by atoms with Gasteiger partial charge in [0.2, 0.25) is 5.91 Å². The standard InChI is InChI=1S/C27H28BrFN2O3/c1-19(2)30-27(33)25(16-20-6-4-3-5-7-20)31(17-21-8-12-23(29)13-9-21)26(32)18-34-24-14-10-22(28)11-15-24/h3-15,19,25H,16-18H2,1-2H3,(H,30,33). The molecule has 5 nitrogen and oxygen atoms in total. The normalized spacial score (nSPS) is 11.7. The molecule has 2 amide bonds. The molecule has 0 saturated heterocycles. The van der Waals surface area contributed by atoms with Crippen molar-refractivity contribution in [2.75, 3.05) is 6.61 Å². The van der Waals surface area contributed by atoms with E-state index in [0.29, 0.717) is 17.7 Å². The van der Waals surface area contributed by atoms with Gasteiger partial charge in [-0.05, 0) is 61.4 Å². The predicted molar refractivity (Wildman–Crippen MR) is 134 cm³/mol. The van der Waals surface area contributed by atoms with Gasteiger partial charge >= 0.3 is 0 Å². The fraction of sp³-hybridized carbons (Fsp3) is 0.259. The average molecular weight is 527 g/mol. The molecule has 3 rings (SSSR count). The molecule has 0 aliphatic carbocycles. The topological polar surface area (TPSA) is 58.6 Å². The first-order valence-electron chi connectivity index (χ1n) is 11.1. The second-order valence-corrected chi connectivity index (χ2v) is 9.18. The van der Waals surface area contributed by atoms with E-state index in [-0.39, 0.29) is 36.8 Å². The molecule has 1 atom stereocenters. The van der Waals surface area contributed by atoms with Gasteiger partial charge in [-0.1, -0.05) is 58.4 Å². The third-order valence-corrected chi connectivity index (χ3v) is 5.67. The molecular weight excluding hydrogens is 499 g/mol. The predicted octanol–water partition coefficient (Wildman–Crippen LogP) is 5.13. The van der Waals surface area contributed by atoms with Crippen LogP contribution in [0, 0.1) is 5.82 Å². The van der Waals surface area contributed by atoms with Crippen molar-refractivity contribution in [3.8, 4) is 5.75 Å². The Kier molecular flexibility index (Phi) is 9.22. The van der Waals surface area contributed by atoms with Crippen LogP contribution in [0.4, 0.5) is 4.39 Å². The van der Waals surface area contributed by atoms with Crippen LogP contribution in [0.5, 0.6) is 5.75 Å². The highest BCUT2D eigenvalue weighted by atomic mass is 79.9. The summed E-state index contributed by atoms with van der Waals surface area (Å²) in [6, 6.07) is 21.8. The summed E-state index contributed by atoms with van der Waals surface area (Å²) < 4.78 is 20.1. The van der Waals surface area contributed by atoms with Crippen molar-refractivity contribution in [3.05, 3.63) is 100 Å².